The van der Waals surface area contributed by atoms with Crippen LogP contribution in [0.2, 0.25) is 0 Å². The fraction of sp³-hybridized carbons (Fsp3) is 0.200. The van der Waals surface area contributed by atoms with E-state index in [0.29, 0.717) is 11.5 Å². The second-order valence-electron chi connectivity index (χ2n) is 6.40. The largest absolute Gasteiger partial charge is 0.454 e. The van der Waals surface area contributed by atoms with Crippen LogP contribution in [0.5, 0.6) is 11.5 Å². The lowest BCUT2D eigenvalue weighted by atomic mass is 10.1. The van der Waals surface area contributed by atoms with Gasteiger partial charge in [-0.25, -0.2) is 8.42 Å². The molecule has 2 amide bonds. The number of carbonyl (C=O) groups excluding carboxylic acids is 2. The fourth-order valence-corrected chi connectivity index (χ4v) is 3.66. The molecular weight excluding hydrogens is 410 g/mol. The Morgan fingerprint density at radius 1 is 1.17 bits per heavy atom. The maximum Gasteiger partial charge on any atom is 0.253 e. The number of ether oxygens (including phenoxy) is 2. The third-order valence-electron chi connectivity index (χ3n) is 4.18. The SMILES string of the molecule is C=CCNC(=O)c1ccccc1NC(=O)CN(c1ccc2c(c1)OCO2)S(C)(=O)=O. The molecule has 1 aliphatic rings. The molecule has 0 saturated heterocycles. The number of carbonyl (C=O) groups is 2. The second-order valence-corrected chi connectivity index (χ2v) is 8.31. The predicted octanol–water partition coefficient (Wildman–Crippen LogP) is 1.74. The molecule has 0 unspecified atom stereocenters. The molecule has 0 atom stereocenters. The normalized spacial score (nSPS) is 12.2. The predicted molar refractivity (Wildman–Crippen MR) is 112 cm³/mol. The Hall–Kier alpha value is -3.53. The van der Waals surface area contributed by atoms with Gasteiger partial charge in [-0.1, -0.05) is 18.2 Å². The number of rotatable bonds is 8. The van der Waals surface area contributed by atoms with Gasteiger partial charge >= 0.3 is 0 Å². The van der Waals surface area contributed by atoms with Gasteiger partial charge in [-0.05, 0) is 24.3 Å². The molecule has 0 bridgehead atoms. The molecule has 1 aliphatic heterocycles. The minimum atomic E-state index is -3.78. The first-order valence-corrected chi connectivity index (χ1v) is 10.8. The van der Waals surface area contributed by atoms with Crippen molar-refractivity contribution in [2.24, 2.45) is 0 Å². The van der Waals surface area contributed by atoms with Crippen LogP contribution in [0.3, 0.4) is 0 Å². The molecule has 0 radical (unpaired) electrons. The standard InChI is InChI=1S/C20H21N3O6S/c1-3-10-21-20(25)15-6-4-5-7-16(15)22-19(24)12-23(30(2,26)27)14-8-9-17-18(11-14)29-13-28-17/h3-9,11H,1,10,12-13H2,2H3,(H,21,25)(H,22,24). The number of benzene rings is 2. The number of fused-ring (bicyclic) bond motifs is 1. The van der Waals surface area contributed by atoms with Gasteiger partial charge in [0, 0.05) is 12.6 Å². The maximum absolute atomic E-state index is 12.6. The zero-order valence-corrected chi connectivity index (χ0v) is 17.1. The molecule has 2 N–H and O–H groups in total. The second kappa shape index (κ2) is 8.87. The van der Waals surface area contributed by atoms with Crippen LogP contribution in [0.1, 0.15) is 10.4 Å². The highest BCUT2D eigenvalue weighted by Gasteiger charge is 2.24. The van der Waals surface area contributed by atoms with E-state index < -0.39 is 22.5 Å². The molecule has 0 fully saturated rings. The van der Waals surface area contributed by atoms with E-state index in [2.05, 4.69) is 17.2 Å². The number of para-hydroxylation sites is 1. The third kappa shape index (κ3) is 4.90. The molecule has 9 nitrogen and oxygen atoms in total. The Balaban J connectivity index is 1.80. The van der Waals surface area contributed by atoms with E-state index in [1.165, 1.54) is 18.2 Å². The van der Waals surface area contributed by atoms with Crippen LogP contribution in [0.25, 0.3) is 0 Å². The zero-order valence-electron chi connectivity index (χ0n) is 16.3. The highest BCUT2D eigenvalue weighted by molar-refractivity contribution is 7.92. The third-order valence-corrected chi connectivity index (χ3v) is 5.32. The monoisotopic (exact) mass is 431 g/mol. The number of sulfonamides is 1. The molecule has 10 heteroatoms. The average molecular weight is 431 g/mol. The Labute approximate surface area is 174 Å². The molecule has 0 spiro atoms. The van der Waals surface area contributed by atoms with E-state index in [4.69, 9.17) is 9.47 Å². The van der Waals surface area contributed by atoms with Crippen molar-refractivity contribution in [1.29, 1.82) is 0 Å². The molecule has 0 saturated carbocycles. The average Bonchev–Trinajstić information content (AvgIpc) is 3.17. The first-order chi connectivity index (χ1) is 14.3. The number of hydrogen-bond donors (Lipinski definition) is 2. The molecule has 0 aliphatic carbocycles. The van der Waals surface area contributed by atoms with Gasteiger partial charge in [-0.3, -0.25) is 13.9 Å². The van der Waals surface area contributed by atoms with Gasteiger partial charge in [0.05, 0.1) is 23.2 Å². The summed E-state index contributed by atoms with van der Waals surface area (Å²) in [6.45, 7) is 3.37. The van der Waals surface area contributed by atoms with E-state index in [1.807, 2.05) is 0 Å². The molecule has 2 aromatic carbocycles. The van der Waals surface area contributed by atoms with Crippen molar-refractivity contribution < 1.29 is 27.5 Å². The van der Waals surface area contributed by atoms with Gasteiger partial charge in [-0.2, -0.15) is 0 Å². The smallest absolute Gasteiger partial charge is 0.253 e. The number of anilines is 2. The topological polar surface area (TPSA) is 114 Å². The summed E-state index contributed by atoms with van der Waals surface area (Å²) in [6.07, 6.45) is 2.54. The maximum atomic E-state index is 12.6. The van der Waals surface area contributed by atoms with E-state index >= 15 is 0 Å². The highest BCUT2D eigenvalue weighted by atomic mass is 32.2. The Morgan fingerprint density at radius 2 is 1.90 bits per heavy atom. The highest BCUT2D eigenvalue weighted by Crippen LogP contribution is 2.36. The van der Waals surface area contributed by atoms with Crippen molar-refractivity contribution >= 4 is 33.2 Å². The minimum absolute atomic E-state index is 0.0445. The van der Waals surface area contributed by atoms with Crippen LogP contribution in [0.4, 0.5) is 11.4 Å². The van der Waals surface area contributed by atoms with Crippen molar-refractivity contribution in [1.82, 2.24) is 5.32 Å². The van der Waals surface area contributed by atoms with Crippen LogP contribution in [0.15, 0.2) is 55.1 Å². The molecule has 30 heavy (non-hydrogen) atoms. The van der Waals surface area contributed by atoms with Gasteiger partial charge < -0.3 is 20.1 Å². The summed E-state index contributed by atoms with van der Waals surface area (Å²) >= 11 is 0. The van der Waals surface area contributed by atoms with Gasteiger partial charge in [-0.15, -0.1) is 6.58 Å². The van der Waals surface area contributed by atoms with Crippen LogP contribution >= 0.6 is 0 Å². The summed E-state index contributed by atoms with van der Waals surface area (Å²) in [5, 5.41) is 5.24. The number of amides is 2. The van der Waals surface area contributed by atoms with Crippen LogP contribution < -0.4 is 24.4 Å². The molecule has 2 aromatic rings. The van der Waals surface area contributed by atoms with Crippen LogP contribution in [0, 0.1) is 0 Å². The van der Waals surface area contributed by atoms with E-state index in [1.54, 1.807) is 30.3 Å². The van der Waals surface area contributed by atoms with Gasteiger partial charge in [0.2, 0.25) is 22.7 Å². The molecular formula is C20H21N3O6S. The Bertz CT molecular complexity index is 1080. The minimum Gasteiger partial charge on any atom is -0.454 e. The van der Waals surface area contributed by atoms with Crippen molar-refractivity contribution in [2.75, 3.05) is 35.8 Å². The molecule has 1 heterocycles. The number of nitrogens with zero attached hydrogens (tertiary/aromatic N) is 1. The molecule has 0 aromatic heterocycles. The van der Waals surface area contributed by atoms with Gasteiger partial charge in [0.15, 0.2) is 11.5 Å². The number of hydrogen-bond acceptors (Lipinski definition) is 6. The number of nitrogens with one attached hydrogen (secondary N) is 2. The van der Waals surface area contributed by atoms with Gasteiger partial charge in [0.25, 0.3) is 5.91 Å². The van der Waals surface area contributed by atoms with Crippen molar-refractivity contribution in [2.45, 2.75) is 0 Å². The lowest BCUT2D eigenvalue weighted by Gasteiger charge is -2.22. The summed E-state index contributed by atoms with van der Waals surface area (Å²) in [5.74, 6) is -0.106. The summed E-state index contributed by atoms with van der Waals surface area (Å²) in [7, 11) is -3.78. The summed E-state index contributed by atoms with van der Waals surface area (Å²) in [5.41, 5.74) is 0.777. The Morgan fingerprint density at radius 3 is 2.63 bits per heavy atom. The summed E-state index contributed by atoms with van der Waals surface area (Å²) in [4.78, 5) is 24.9. The Kier molecular flexibility index (Phi) is 6.26. The fourth-order valence-electron chi connectivity index (χ4n) is 2.81. The van der Waals surface area contributed by atoms with E-state index in [0.717, 1.165) is 10.6 Å². The van der Waals surface area contributed by atoms with E-state index in [-0.39, 0.29) is 36.2 Å². The lowest BCUT2D eigenvalue weighted by molar-refractivity contribution is -0.114. The summed E-state index contributed by atoms with van der Waals surface area (Å²) in [6, 6.07) is 11.0. The molecule has 158 valence electrons. The molecule has 3 rings (SSSR count). The lowest BCUT2D eigenvalue weighted by Crippen LogP contribution is -2.37. The van der Waals surface area contributed by atoms with Crippen molar-refractivity contribution in [3.8, 4) is 11.5 Å². The van der Waals surface area contributed by atoms with Crippen LogP contribution in [-0.4, -0.2) is 46.4 Å². The first kappa shape index (κ1) is 21.2. The summed E-state index contributed by atoms with van der Waals surface area (Å²) < 4.78 is 36.1. The van der Waals surface area contributed by atoms with Crippen molar-refractivity contribution in [3.63, 3.8) is 0 Å². The first-order valence-electron chi connectivity index (χ1n) is 8.95. The zero-order chi connectivity index (χ0) is 21.7. The van der Waals surface area contributed by atoms with Crippen LogP contribution in [-0.2, 0) is 14.8 Å². The van der Waals surface area contributed by atoms with E-state index in [9.17, 15) is 18.0 Å². The van der Waals surface area contributed by atoms with Crippen molar-refractivity contribution in [3.05, 3.63) is 60.7 Å². The van der Waals surface area contributed by atoms with Gasteiger partial charge in [0.1, 0.15) is 6.54 Å². The quantitative estimate of drug-likeness (QED) is 0.616.